The number of alkyl carbamates (subject to hydrolysis) is 1. The quantitative estimate of drug-likeness (QED) is 0.267. The summed E-state index contributed by atoms with van der Waals surface area (Å²) in [6, 6.07) is 14.1. The van der Waals surface area contributed by atoms with Crippen molar-refractivity contribution in [2.45, 2.75) is 32.4 Å². The molecule has 1 amide bonds. The highest BCUT2D eigenvalue weighted by Gasteiger charge is 2.25. The van der Waals surface area contributed by atoms with E-state index in [2.05, 4.69) is 10.3 Å². The number of aromatic amines is 1. The van der Waals surface area contributed by atoms with E-state index in [0.29, 0.717) is 5.02 Å². The average Bonchev–Trinajstić information content (AvgIpc) is 3.04. The second-order valence-electron chi connectivity index (χ2n) is 7.73. The van der Waals surface area contributed by atoms with Crippen molar-refractivity contribution in [2.75, 3.05) is 6.54 Å². The van der Waals surface area contributed by atoms with Crippen LogP contribution in [0.2, 0.25) is 5.02 Å². The molecular formula is C22H24ClN3O3. The van der Waals surface area contributed by atoms with Crippen LogP contribution < -0.4 is 5.32 Å². The minimum absolute atomic E-state index is 0.0706. The van der Waals surface area contributed by atoms with E-state index in [-0.39, 0.29) is 6.54 Å². The van der Waals surface area contributed by atoms with Gasteiger partial charge in [-0.1, -0.05) is 29.8 Å². The lowest BCUT2D eigenvalue weighted by atomic mass is 10.1. The Morgan fingerprint density at radius 2 is 2.00 bits per heavy atom. The van der Waals surface area contributed by atoms with Crippen molar-refractivity contribution in [3.8, 4) is 0 Å². The second-order valence-corrected chi connectivity index (χ2v) is 8.17. The number of carbonyl (C=O) groups excluding carboxylic acids is 1. The van der Waals surface area contributed by atoms with Crippen molar-refractivity contribution in [1.82, 2.24) is 10.3 Å². The van der Waals surface area contributed by atoms with Crippen LogP contribution in [0, 0.1) is 5.21 Å². The lowest BCUT2D eigenvalue weighted by molar-refractivity contribution is -0.500. The van der Waals surface area contributed by atoms with Gasteiger partial charge in [-0.2, -0.15) is 0 Å². The van der Waals surface area contributed by atoms with Gasteiger partial charge in [0.25, 0.3) is 0 Å². The zero-order valence-corrected chi connectivity index (χ0v) is 17.4. The predicted octanol–water partition coefficient (Wildman–Crippen LogP) is 5.02. The van der Waals surface area contributed by atoms with Gasteiger partial charge in [0.1, 0.15) is 5.60 Å². The minimum Gasteiger partial charge on any atom is -0.623 e. The van der Waals surface area contributed by atoms with E-state index in [4.69, 9.17) is 16.3 Å². The number of hydrogen-bond donors (Lipinski definition) is 2. The van der Waals surface area contributed by atoms with Crippen LogP contribution in [-0.2, 0) is 4.74 Å². The first-order valence-electron chi connectivity index (χ1n) is 9.32. The van der Waals surface area contributed by atoms with Gasteiger partial charge in [-0.15, -0.1) is 0 Å². The van der Waals surface area contributed by atoms with Gasteiger partial charge in [-0.3, -0.25) is 0 Å². The van der Waals surface area contributed by atoms with Crippen LogP contribution in [0.3, 0.4) is 0 Å². The summed E-state index contributed by atoms with van der Waals surface area (Å²) in [5, 5.41) is 17.2. The number of rotatable bonds is 5. The molecule has 0 saturated carbocycles. The third kappa shape index (κ3) is 5.51. The number of H-pyrrole nitrogens is 1. The number of aromatic nitrogens is 1. The normalized spacial score (nSPS) is 13.3. The van der Waals surface area contributed by atoms with E-state index in [1.165, 1.54) is 6.21 Å². The summed E-state index contributed by atoms with van der Waals surface area (Å²) in [7, 11) is 0. The molecule has 0 fully saturated rings. The molecule has 0 bridgehead atoms. The molecule has 0 aliphatic heterocycles. The van der Waals surface area contributed by atoms with Gasteiger partial charge in [0.2, 0.25) is 6.04 Å². The van der Waals surface area contributed by atoms with Gasteiger partial charge in [0, 0.05) is 33.2 Å². The first-order chi connectivity index (χ1) is 13.7. The van der Waals surface area contributed by atoms with Crippen LogP contribution >= 0.6 is 11.6 Å². The Morgan fingerprint density at radius 3 is 2.69 bits per heavy atom. The Labute approximate surface area is 174 Å². The van der Waals surface area contributed by atoms with Crippen LogP contribution in [0.1, 0.15) is 37.9 Å². The van der Waals surface area contributed by atoms with Gasteiger partial charge in [0.15, 0.2) is 6.21 Å². The predicted molar refractivity (Wildman–Crippen MR) is 116 cm³/mol. The lowest BCUT2D eigenvalue weighted by Crippen LogP contribution is -2.36. The fourth-order valence-corrected chi connectivity index (χ4v) is 3.17. The fourth-order valence-electron chi connectivity index (χ4n) is 3.00. The first kappa shape index (κ1) is 20.7. The van der Waals surface area contributed by atoms with Crippen LogP contribution in [0.5, 0.6) is 0 Å². The molecule has 0 radical (unpaired) electrons. The van der Waals surface area contributed by atoms with Gasteiger partial charge < -0.3 is 20.2 Å². The van der Waals surface area contributed by atoms with Gasteiger partial charge >= 0.3 is 6.09 Å². The second kappa shape index (κ2) is 8.57. The maximum Gasteiger partial charge on any atom is 0.407 e. The zero-order valence-electron chi connectivity index (χ0n) is 16.6. The van der Waals surface area contributed by atoms with Crippen molar-refractivity contribution >= 4 is 34.8 Å². The van der Waals surface area contributed by atoms with Gasteiger partial charge in [0.05, 0.1) is 6.54 Å². The SMILES string of the molecule is CC(C)(C)OC(=O)NCC(c1c[nH]c2ccc(Cl)cc12)/[N+]([O-])=C/c1ccccc1. The Bertz CT molecular complexity index is 1020. The van der Waals surface area contributed by atoms with Crippen LogP contribution in [0.4, 0.5) is 4.79 Å². The lowest BCUT2D eigenvalue weighted by Gasteiger charge is -2.21. The highest BCUT2D eigenvalue weighted by Crippen LogP contribution is 2.28. The summed E-state index contributed by atoms with van der Waals surface area (Å²) in [5.41, 5.74) is 1.74. The van der Waals surface area contributed by atoms with Gasteiger partial charge in [-0.05, 0) is 51.1 Å². The summed E-state index contributed by atoms with van der Waals surface area (Å²) in [4.78, 5) is 15.3. The molecule has 0 saturated heterocycles. The Morgan fingerprint density at radius 1 is 1.28 bits per heavy atom. The standard InChI is InChI=1S/C22H24ClN3O3/c1-22(2,3)29-21(27)25-13-20(26(28)14-15-7-5-4-6-8-15)18-12-24-19-10-9-16(23)11-17(18)19/h4-12,14,20,24H,13H2,1-3H3,(H,25,27)/b26-14-. The highest BCUT2D eigenvalue weighted by atomic mass is 35.5. The maximum absolute atomic E-state index is 13.1. The van der Waals surface area contributed by atoms with E-state index < -0.39 is 17.7 Å². The number of amides is 1. The number of benzene rings is 2. The molecule has 1 unspecified atom stereocenters. The summed E-state index contributed by atoms with van der Waals surface area (Å²) in [6.45, 7) is 5.43. The Hall–Kier alpha value is -2.99. The number of halogens is 1. The molecule has 3 rings (SSSR count). The summed E-state index contributed by atoms with van der Waals surface area (Å²) >= 11 is 6.16. The smallest absolute Gasteiger partial charge is 0.407 e. The number of fused-ring (bicyclic) bond motifs is 1. The van der Waals surface area contributed by atoms with E-state index in [1.54, 1.807) is 39.1 Å². The molecule has 7 heteroatoms. The van der Waals surface area contributed by atoms with Crippen LogP contribution in [0.25, 0.3) is 10.9 Å². The largest absolute Gasteiger partial charge is 0.623 e. The summed E-state index contributed by atoms with van der Waals surface area (Å²) in [6.07, 6.45) is 2.70. The Balaban J connectivity index is 1.93. The molecule has 3 aromatic rings. The molecule has 1 heterocycles. The van der Waals surface area contributed by atoms with Crippen molar-refractivity contribution < 1.29 is 14.3 Å². The van der Waals surface area contributed by atoms with Gasteiger partial charge in [-0.25, -0.2) is 9.53 Å². The van der Waals surface area contributed by atoms with Crippen molar-refractivity contribution in [3.05, 3.63) is 76.1 Å². The summed E-state index contributed by atoms with van der Waals surface area (Å²) < 4.78 is 6.14. The topological polar surface area (TPSA) is 80.2 Å². The van der Waals surface area contributed by atoms with Crippen LogP contribution in [0.15, 0.2) is 54.7 Å². The van der Waals surface area contributed by atoms with Crippen molar-refractivity contribution in [1.29, 1.82) is 0 Å². The fraction of sp³-hybridized carbons (Fsp3) is 0.273. The van der Waals surface area contributed by atoms with E-state index in [9.17, 15) is 10.0 Å². The third-order valence-corrected chi connectivity index (χ3v) is 4.49. The Kier molecular flexibility index (Phi) is 6.13. The monoisotopic (exact) mass is 413 g/mol. The highest BCUT2D eigenvalue weighted by molar-refractivity contribution is 6.31. The van der Waals surface area contributed by atoms with E-state index in [0.717, 1.165) is 26.8 Å². The van der Waals surface area contributed by atoms with Crippen molar-refractivity contribution in [3.63, 3.8) is 0 Å². The first-order valence-corrected chi connectivity index (χ1v) is 9.69. The molecule has 152 valence electrons. The van der Waals surface area contributed by atoms with Crippen LogP contribution in [-0.4, -0.2) is 34.2 Å². The zero-order chi connectivity index (χ0) is 21.0. The molecule has 29 heavy (non-hydrogen) atoms. The molecular weight excluding hydrogens is 390 g/mol. The maximum atomic E-state index is 13.1. The molecule has 0 spiro atoms. The van der Waals surface area contributed by atoms with Crippen molar-refractivity contribution in [2.24, 2.45) is 0 Å². The molecule has 0 aliphatic carbocycles. The number of hydroxylamine groups is 1. The molecule has 6 nitrogen and oxygen atoms in total. The number of nitrogens with zero attached hydrogens (tertiary/aromatic N) is 1. The average molecular weight is 414 g/mol. The number of nitrogens with one attached hydrogen (secondary N) is 2. The molecule has 0 aliphatic rings. The minimum atomic E-state index is -0.671. The number of hydrogen-bond acceptors (Lipinski definition) is 3. The molecule has 1 aromatic heterocycles. The third-order valence-electron chi connectivity index (χ3n) is 4.26. The molecule has 2 N–H and O–H groups in total. The number of carbonyl (C=O) groups is 1. The number of ether oxygens (including phenoxy) is 1. The molecule has 2 aromatic carbocycles. The van der Waals surface area contributed by atoms with E-state index >= 15 is 0 Å². The molecule has 1 atom stereocenters. The summed E-state index contributed by atoms with van der Waals surface area (Å²) in [5.74, 6) is 0. The van der Waals surface area contributed by atoms with E-state index in [1.807, 2.05) is 36.4 Å².